The predicted octanol–water partition coefficient (Wildman–Crippen LogP) is 2.58. The Bertz CT molecular complexity index is 527. The molecule has 0 aromatic heterocycles. The van der Waals surface area contributed by atoms with E-state index in [9.17, 15) is 9.59 Å². The van der Waals surface area contributed by atoms with E-state index in [1.165, 1.54) is 7.11 Å². The number of hydrogen-bond donors (Lipinski definition) is 2. The first kappa shape index (κ1) is 13.9. The number of halogens is 1. The van der Waals surface area contributed by atoms with Crippen LogP contribution in [0.15, 0.2) is 22.7 Å². The normalized spacial score (nSPS) is 15.5. The van der Waals surface area contributed by atoms with Crippen LogP contribution < -0.4 is 10.6 Å². The van der Waals surface area contributed by atoms with Gasteiger partial charge in [0.25, 0.3) is 0 Å². The van der Waals surface area contributed by atoms with Crippen LogP contribution in [0.25, 0.3) is 0 Å². The van der Waals surface area contributed by atoms with Crippen LogP contribution in [0.1, 0.15) is 18.4 Å². The van der Waals surface area contributed by atoms with Crippen molar-refractivity contribution in [3.63, 3.8) is 0 Å². The monoisotopic (exact) mass is 326 g/mol. The van der Waals surface area contributed by atoms with Crippen molar-refractivity contribution in [2.45, 2.75) is 25.3 Å². The van der Waals surface area contributed by atoms with Crippen molar-refractivity contribution < 1.29 is 14.3 Å². The first-order valence-electron chi connectivity index (χ1n) is 5.90. The zero-order valence-corrected chi connectivity index (χ0v) is 12.3. The van der Waals surface area contributed by atoms with Crippen LogP contribution in [-0.4, -0.2) is 24.6 Å². The van der Waals surface area contributed by atoms with E-state index in [1.807, 2.05) is 19.1 Å². The summed E-state index contributed by atoms with van der Waals surface area (Å²) >= 11 is 3.40. The van der Waals surface area contributed by atoms with Crippen molar-refractivity contribution in [2.24, 2.45) is 0 Å². The number of hydrogen-bond acceptors (Lipinski definition) is 3. The Balaban J connectivity index is 1.98. The highest BCUT2D eigenvalue weighted by atomic mass is 79.9. The summed E-state index contributed by atoms with van der Waals surface area (Å²) in [7, 11) is 1.32. The molecule has 0 aliphatic heterocycles. The van der Waals surface area contributed by atoms with E-state index in [-0.39, 0.29) is 0 Å². The fourth-order valence-electron chi connectivity index (χ4n) is 1.75. The Morgan fingerprint density at radius 3 is 2.58 bits per heavy atom. The predicted molar refractivity (Wildman–Crippen MR) is 75.0 cm³/mol. The minimum atomic E-state index is -0.833. The van der Waals surface area contributed by atoms with Gasteiger partial charge in [0.05, 0.1) is 7.11 Å². The number of amides is 2. The number of benzene rings is 1. The van der Waals surface area contributed by atoms with Gasteiger partial charge in [0, 0.05) is 10.2 Å². The molecule has 6 heteroatoms. The highest BCUT2D eigenvalue weighted by Crippen LogP contribution is 2.36. The second kappa shape index (κ2) is 5.21. The summed E-state index contributed by atoms with van der Waals surface area (Å²) in [5.41, 5.74) is 0.913. The Morgan fingerprint density at radius 2 is 2.05 bits per heavy atom. The van der Waals surface area contributed by atoms with Crippen molar-refractivity contribution in [1.29, 1.82) is 0 Å². The van der Waals surface area contributed by atoms with Crippen LogP contribution in [-0.2, 0) is 9.53 Å². The third-order valence-corrected chi connectivity index (χ3v) is 3.96. The van der Waals surface area contributed by atoms with E-state index >= 15 is 0 Å². The van der Waals surface area contributed by atoms with Gasteiger partial charge in [-0.2, -0.15) is 0 Å². The Labute approximate surface area is 119 Å². The first-order chi connectivity index (χ1) is 8.97. The summed E-state index contributed by atoms with van der Waals surface area (Å²) in [5, 5.41) is 5.36. The average Bonchev–Trinajstić information content (AvgIpc) is 3.13. The van der Waals surface area contributed by atoms with Gasteiger partial charge in [-0.3, -0.25) is 0 Å². The molecule has 1 aliphatic rings. The van der Waals surface area contributed by atoms with E-state index < -0.39 is 17.5 Å². The van der Waals surface area contributed by atoms with Crippen LogP contribution in [0.5, 0.6) is 0 Å². The molecule has 1 aromatic carbocycles. The number of aryl methyl sites for hydroxylation is 1. The largest absolute Gasteiger partial charge is 0.467 e. The number of nitrogens with one attached hydrogen (secondary N) is 2. The van der Waals surface area contributed by atoms with E-state index in [0.29, 0.717) is 18.5 Å². The molecule has 2 amide bonds. The second-order valence-electron chi connectivity index (χ2n) is 4.62. The zero-order valence-electron chi connectivity index (χ0n) is 10.7. The third-order valence-electron chi connectivity index (χ3n) is 3.11. The molecule has 0 spiro atoms. The summed E-state index contributed by atoms with van der Waals surface area (Å²) in [4.78, 5) is 23.3. The molecule has 0 bridgehead atoms. The molecule has 19 heavy (non-hydrogen) atoms. The van der Waals surface area contributed by atoms with Crippen LogP contribution in [0.2, 0.25) is 0 Å². The van der Waals surface area contributed by atoms with Crippen molar-refractivity contribution in [2.75, 3.05) is 12.4 Å². The lowest BCUT2D eigenvalue weighted by Crippen LogP contribution is -2.45. The average molecular weight is 327 g/mol. The maximum atomic E-state index is 11.8. The van der Waals surface area contributed by atoms with E-state index in [4.69, 9.17) is 0 Å². The number of urea groups is 1. The minimum Gasteiger partial charge on any atom is -0.467 e. The molecule has 1 aromatic rings. The molecule has 0 radical (unpaired) electrons. The fraction of sp³-hybridized carbons (Fsp3) is 0.385. The topological polar surface area (TPSA) is 67.4 Å². The van der Waals surface area contributed by atoms with E-state index in [1.54, 1.807) is 6.07 Å². The molecule has 102 valence electrons. The maximum Gasteiger partial charge on any atom is 0.331 e. The molecule has 0 unspecified atom stereocenters. The smallest absolute Gasteiger partial charge is 0.331 e. The summed E-state index contributed by atoms with van der Waals surface area (Å²) in [5.74, 6) is -0.396. The van der Waals surface area contributed by atoms with Gasteiger partial charge in [-0.05, 0) is 37.5 Å². The van der Waals surface area contributed by atoms with Crippen LogP contribution in [0.4, 0.5) is 10.5 Å². The zero-order chi connectivity index (χ0) is 14.0. The van der Waals surface area contributed by atoms with Gasteiger partial charge in [-0.25, -0.2) is 9.59 Å². The lowest BCUT2D eigenvalue weighted by molar-refractivity contribution is -0.144. The Hall–Kier alpha value is -1.56. The van der Waals surface area contributed by atoms with Crippen molar-refractivity contribution >= 4 is 33.6 Å². The highest BCUT2D eigenvalue weighted by molar-refractivity contribution is 9.10. The highest BCUT2D eigenvalue weighted by Gasteiger charge is 2.52. The minimum absolute atomic E-state index is 0.396. The van der Waals surface area contributed by atoms with Crippen molar-refractivity contribution in [3.8, 4) is 0 Å². The molecule has 1 aliphatic carbocycles. The molecule has 0 atom stereocenters. The SMILES string of the molecule is COC(=O)C1(NC(=O)Nc2ccc(C)c(Br)c2)CC1. The number of methoxy groups -OCH3 is 1. The van der Waals surface area contributed by atoms with Crippen LogP contribution >= 0.6 is 15.9 Å². The number of anilines is 1. The van der Waals surface area contributed by atoms with Gasteiger partial charge in [0.1, 0.15) is 5.54 Å². The molecule has 1 fully saturated rings. The molecule has 5 nitrogen and oxygen atoms in total. The first-order valence-corrected chi connectivity index (χ1v) is 6.70. The molecular weight excluding hydrogens is 312 g/mol. The molecule has 2 rings (SSSR count). The van der Waals surface area contributed by atoms with Gasteiger partial charge in [0.15, 0.2) is 0 Å². The lowest BCUT2D eigenvalue weighted by Gasteiger charge is -2.15. The summed E-state index contributed by atoms with van der Waals surface area (Å²) in [6.45, 7) is 1.96. The second-order valence-corrected chi connectivity index (χ2v) is 5.47. The molecule has 0 saturated heterocycles. The summed E-state index contributed by atoms with van der Waals surface area (Å²) in [6.07, 6.45) is 1.23. The Morgan fingerprint density at radius 1 is 1.37 bits per heavy atom. The standard InChI is InChI=1S/C13H15BrN2O3/c1-8-3-4-9(7-10(8)14)15-12(18)16-13(5-6-13)11(17)19-2/h3-4,7H,5-6H2,1-2H3,(H2,15,16,18). The lowest BCUT2D eigenvalue weighted by atomic mass is 10.2. The van der Waals surface area contributed by atoms with Crippen molar-refractivity contribution in [3.05, 3.63) is 28.2 Å². The molecule has 0 heterocycles. The number of carbonyl (C=O) groups excluding carboxylic acids is 2. The van der Waals surface area contributed by atoms with Gasteiger partial charge in [0.2, 0.25) is 0 Å². The van der Waals surface area contributed by atoms with Crippen LogP contribution in [0.3, 0.4) is 0 Å². The van der Waals surface area contributed by atoms with Gasteiger partial charge >= 0.3 is 12.0 Å². The fourth-order valence-corrected chi connectivity index (χ4v) is 2.13. The quantitative estimate of drug-likeness (QED) is 0.839. The van der Waals surface area contributed by atoms with E-state index in [0.717, 1.165) is 10.0 Å². The molecule has 1 saturated carbocycles. The number of ether oxygens (including phenoxy) is 1. The summed E-state index contributed by atoms with van der Waals surface area (Å²) < 4.78 is 5.59. The number of carbonyl (C=O) groups is 2. The number of esters is 1. The third kappa shape index (κ3) is 3.07. The maximum absolute atomic E-state index is 11.8. The van der Waals surface area contributed by atoms with Crippen LogP contribution in [0, 0.1) is 6.92 Å². The van der Waals surface area contributed by atoms with Gasteiger partial charge in [-0.15, -0.1) is 0 Å². The van der Waals surface area contributed by atoms with Gasteiger partial charge < -0.3 is 15.4 Å². The Kier molecular flexibility index (Phi) is 3.80. The number of rotatable bonds is 3. The van der Waals surface area contributed by atoms with Crippen molar-refractivity contribution in [1.82, 2.24) is 5.32 Å². The summed E-state index contributed by atoms with van der Waals surface area (Å²) in [6, 6.07) is 5.11. The molecular formula is C13H15BrN2O3. The molecule has 2 N–H and O–H groups in total. The van der Waals surface area contributed by atoms with Gasteiger partial charge in [-0.1, -0.05) is 22.0 Å². The van der Waals surface area contributed by atoms with E-state index in [2.05, 4.69) is 31.3 Å².